The number of benzene rings is 2. The van der Waals surface area contributed by atoms with Crippen molar-refractivity contribution in [3.05, 3.63) is 58.1 Å². The molecule has 1 aliphatic carbocycles. The van der Waals surface area contributed by atoms with Crippen LogP contribution in [0.25, 0.3) is 0 Å². The summed E-state index contributed by atoms with van der Waals surface area (Å²) in [5.41, 5.74) is 6.07. The molecule has 3 heteroatoms. The summed E-state index contributed by atoms with van der Waals surface area (Å²) in [6.45, 7) is 2.32. The van der Waals surface area contributed by atoms with Crippen molar-refractivity contribution in [1.29, 1.82) is 0 Å². The van der Waals surface area contributed by atoms with Gasteiger partial charge in [-0.25, -0.2) is 4.79 Å². The first kappa shape index (κ1) is 13.9. The van der Waals surface area contributed by atoms with Crippen LogP contribution in [-0.2, 0) is 19.3 Å². The van der Waals surface area contributed by atoms with Gasteiger partial charge in [0.15, 0.2) is 0 Å². The van der Waals surface area contributed by atoms with E-state index in [0.717, 1.165) is 17.7 Å². The second-order valence-electron chi connectivity index (χ2n) is 6.33. The summed E-state index contributed by atoms with van der Waals surface area (Å²) in [4.78, 5) is 13.6. The minimum Gasteiger partial charge on any atom is -0.478 e. The van der Waals surface area contributed by atoms with E-state index in [1.165, 1.54) is 40.0 Å². The van der Waals surface area contributed by atoms with Gasteiger partial charge in [0.05, 0.1) is 5.56 Å². The molecule has 1 aliphatic heterocycles. The van der Waals surface area contributed by atoms with Crippen molar-refractivity contribution < 1.29 is 9.90 Å². The van der Waals surface area contributed by atoms with Crippen molar-refractivity contribution in [2.45, 2.75) is 48.3 Å². The predicted molar refractivity (Wildman–Crippen MR) is 88.1 cm³/mol. The number of aromatic carboxylic acids is 1. The zero-order valence-electron chi connectivity index (χ0n) is 12.6. The summed E-state index contributed by atoms with van der Waals surface area (Å²) in [5, 5.41) is 9.20. The lowest BCUT2D eigenvalue weighted by Crippen LogP contribution is -1.98. The van der Waals surface area contributed by atoms with E-state index in [0.29, 0.717) is 11.5 Å². The molecule has 2 nitrogen and oxygen atoms in total. The Bertz CT molecular complexity index is 779. The summed E-state index contributed by atoms with van der Waals surface area (Å²) in [5.74, 6) is -0.176. The highest BCUT2D eigenvalue weighted by Gasteiger charge is 2.23. The summed E-state index contributed by atoms with van der Waals surface area (Å²) < 4.78 is 0. The lowest BCUT2D eigenvalue weighted by Gasteiger charge is -2.11. The number of rotatable bonds is 1. The third-order valence-corrected chi connectivity index (χ3v) is 6.10. The third kappa shape index (κ3) is 2.24. The molecule has 2 aromatic carbocycles. The smallest absolute Gasteiger partial charge is 0.335 e. The highest BCUT2D eigenvalue weighted by atomic mass is 32.2. The monoisotopic (exact) mass is 310 g/mol. The summed E-state index contributed by atoms with van der Waals surface area (Å²) in [6.07, 6.45) is 4.46. The van der Waals surface area contributed by atoms with Crippen molar-refractivity contribution in [3.8, 4) is 0 Å². The minimum atomic E-state index is -0.851. The Balaban J connectivity index is 1.78. The van der Waals surface area contributed by atoms with Crippen molar-refractivity contribution in [2.24, 2.45) is 0 Å². The molecule has 22 heavy (non-hydrogen) atoms. The van der Waals surface area contributed by atoms with Gasteiger partial charge < -0.3 is 5.11 Å². The van der Waals surface area contributed by atoms with E-state index in [1.54, 1.807) is 17.8 Å². The van der Waals surface area contributed by atoms with Gasteiger partial charge in [-0.1, -0.05) is 30.8 Å². The average Bonchev–Trinajstić information content (AvgIpc) is 2.76. The van der Waals surface area contributed by atoms with E-state index in [9.17, 15) is 9.90 Å². The molecule has 0 aromatic heterocycles. The molecule has 1 unspecified atom stereocenters. The van der Waals surface area contributed by atoms with Crippen molar-refractivity contribution >= 4 is 17.7 Å². The molecule has 0 amide bonds. The van der Waals surface area contributed by atoms with Crippen LogP contribution in [-0.4, -0.2) is 11.1 Å². The van der Waals surface area contributed by atoms with E-state index in [4.69, 9.17) is 0 Å². The van der Waals surface area contributed by atoms with E-state index in [2.05, 4.69) is 19.1 Å². The minimum absolute atomic E-state index is 0.379. The van der Waals surface area contributed by atoms with Crippen molar-refractivity contribution in [3.63, 3.8) is 0 Å². The van der Waals surface area contributed by atoms with E-state index >= 15 is 0 Å². The van der Waals surface area contributed by atoms with Crippen LogP contribution in [0.5, 0.6) is 0 Å². The molecule has 0 bridgehead atoms. The van der Waals surface area contributed by atoms with Crippen molar-refractivity contribution in [1.82, 2.24) is 0 Å². The Morgan fingerprint density at radius 2 is 1.82 bits per heavy atom. The Labute approximate surface area is 134 Å². The van der Waals surface area contributed by atoms with Gasteiger partial charge in [0, 0.05) is 9.79 Å². The molecule has 0 saturated heterocycles. The molecule has 1 N–H and O–H groups in total. The molecule has 1 atom stereocenters. The van der Waals surface area contributed by atoms with Crippen LogP contribution in [0.1, 0.15) is 51.9 Å². The van der Waals surface area contributed by atoms with Gasteiger partial charge >= 0.3 is 5.97 Å². The van der Waals surface area contributed by atoms with Gasteiger partial charge in [0.2, 0.25) is 0 Å². The molecule has 4 rings (SSSR count). The lowest BCUT2D eigenvalue weighted by atomic mass is 9.97. The SMILES string of the molecule is CC1CCc2cc3c(cc21)CCc1ccc(C(=O)O)cc1S3. The summed E-state index contributed by atoms with van der Waals surface area (Å²) >= 11 is 1.74. The Kier molecular flexibility index (Phi) is 3.26. The summed E-state index contributed by atoms with van der Waals surface area (Å²) in [7, 11) is 0. The van der Waals surface area contributed by atoms with Crippen LogP contribution >= 0.6 is 11.8 Å². The fourth-order valence-electron chi connectivity index (χ4n) is 3.56. The quantitative estimate of drug-likeness (QED) is 0.830. The molecule has 112 valence electrons. The molecule has 0 radical (unpaired) electrons. The maximum atomic E-state index is 11.2. The maximum Gasteiger partial charge on any atom is 0.335 e. The molecule has 2 aliphatic rings. The summed E-state index contributed by atoms with van der Waals surface area (Å²) in [6, 6.07) is 10.3. The Hall–Kier alpha value is -1.74. The zero-order valence-corrected chi connectivity index (χ0v) is 13.4. The Morgan fingerprint density at radius 1 is 1.05 bits per heavy atom. The second kappa shape index (κ2) is 5.17. The van der Waals surface area contributed by atoms with E-state index in [-0.39, 0.29) is 0 Å². The van der Waals surface area contributed by atoms with Crippen LogP contribution in [0.15, 0.2) is 40.1 Å². The highest BCUT2D eigenvalue weighted by molar-refractivity contribution is 7.99. The number of fused-ring (bicyclic) bond motifs is 3. The second-order valence-corrected chi connectivity index (χ2v) is 7.41. The number of hydrogen-bond donors (Lipinski definition) is 1. The third-order valence-electron chi connectivity index (χ3n) is 4.90. The van der Waals surface area contributed by atoms with Crippen molar-refractivity contribution in [2.75, 3.05) is 0 Å². The van der Waals surface area contributed by atoms with Crippen LogP contribution < -0.4 is 0 Å². The predicted octanol–water partition coefficient (Wildman–Crippen LogP) is 4.68. The normalized spacial score (nSPS) is 19.0. The molecular weight excluding hydrogens is 292 g/mol. The van der Waals surface area contributed by atoms with E-state index < -0.39 is 5.97 Å². The number of carboxylic acids is 1. The fourth-order valence-corrected chi connectivity index (χ4v) is 4.77. The lowest BCUT2D eigenvalue weighted by molar-refractivity contribution is 0.0696. The van der Waals surface area contributed by atoms with Gasteiger partial charge in [-0.3, -0.25) is 0 Å². The largest absolute Gasteiger partial charge is 0.478 e. The molecule has 0 fully saturated rings. The van der Waals surface area contributed by atoms with Crippen LogP contribution in [0.2, 0.25) is 0 Å². The number of carboxylic acid groups (broad SMARTS) is 1. The van der Waals surface area contributed by atoms with E-state index in [1.807, 2.05) is 12.1 Å². The first-order valence-corrected chi connectivity index (χ1v) is 8.63. The van der Waals surface area contributed by atoms with Gasteiger partial charge in [-0.2, -0.15) is 0 Å². The molecule has 2 aromatic rings. The number of carbonyl (C=O) groups is 1. The number of aryl methyl sites for hydroxylation is 3. The van der Waals surface area contributed by atoms with Gasteiger partial charge in [-0.15, -0.1) is 0 Å². The maximum absolute atomic E-state index is 11.2. The first-order chi connectivity index (χ1) is 10.6. The van der Waals surface area contributed by atoms with Gasteiger partial charge in [0.25, 0.3) is 0 Å². The highest BCUT2D eigenvalue weighted by Crippen LogP contribution is 2.42. The first-order valence-electron chi connectivity index (χ1n) is 7.81. The van der Waals surface area contributed by atoms with Gasteiger partial charge in [-0.05, 0) is 72.1 Å². The average molecular weight is 310 g/mol. The topological polar surface area (TPSA) is 37.3 Å². The fraction of sp³-hybridized carbons (Fsp3) is 0.316. The number of hydrogen-bond acceptors (Lipinski definition) is 2. The molecule has 0 saturated carbocycles. The van der Waals surface area contributed by atoms with Crippen LogP contribution in [0.4, 0.5) is 0 Å². The Morgan fingerprint density at radius 3 is 2.64 bits per heavy atom. The van der Waals surface area contributed by atoms with Crippen LogP contribution in [0.3, 0.4) is 0 Å². The molecule has 1 heterocycles. The zero-order chi connectivity index (χ0) is 15.3. The molecule has 0 spiro atoms. The van der Waals surface area contributed by atoms with Crippen LogP contribution in [0, 0.1) is 0 Å². The molecular formula is C19H18O2S. The standard InChI is InChI=1S/C19H18O2S/c1-11-2-3-13-9-18-14(8-16(11)13)6-4-12-5-7-15(19(20)21)10-17(12)22-18/h5,7-11H,2-4,6H2,1H3,(H,20,21). The van der Waals surface area contributed by atoms with Gasteiger partial charge in [0.1, 0.15) is 0 Å².